The summed E-state index contributed by atoms with van der Waals surface area (Å²) in [5.41, 5.74) is 7.38. The van der Waals surface area contributed by atoms with Crippen LogP contribution in [0.1, 0.15) is 31.4 Å². The molecule has 1 aliphatic rings. The number of benzene rings is 1. The Bertz CT molecular complexity index is 449. The van der Waals surface area contributed by atoms with Gasteiger partial charge in [-0.3, -0.25) is 10.2 Å². The highest BCUT2D eigenvalue weighted by Gasteiger charge is 2.35. The van der Waals surface area contributed by atoms with Crippen LogP contribution in [0.3, 0.4) is 0 Å². The number of rotatable bonds is 5. The minimum Gasteiger partial charge on any atom is -0.345 e. The van der Waals surface area contributed by atoms with Crippen LogP contribution >= 0.6 is 11.6 Å². The van der Waals surface area contributed by atoms with Crippen LogP contribution in [0.25, 0.3) is 0 Å². The van der Waals surface area contributed by atoms with Crippen molar-refractivity contribution in [3.63, 3.8) is 0 Å². The van der Waals surface area contributed by atoms with Crippen molar-refractivity contribution in [3.05, 3.63) is 34.9 Å². The number of carbonyl (C=O) groups is 1. The molecule has 1 aromatic carbocycles. The van der Waals surface area contributed by atoms with E-state index < -0.39 is 0 Å². The van der Waals surface area contributed by atoms with E-state index in [0.717, 1.165) is 24.9 Å². The number of amides is 1. The van der Waals surface area contributed by atoms with Gasteiger partial charge in [-0.15, -0.1) is 0 Å². The number of carbonyl (C=O) groups excluding carboxylic acids is 1. The van der Waals surface area contributed by atoms with Crippen molar-refractivity contribution in [2.75, 3.05) is 20.1 Å². The molecule has 0 radical (unpaired) electrons. The zero-order chi connectivity index (χ0) is 14.5. The fourth-order valence-electron chi connectivity index (χ4n) is 2.50. The maximum atomic E-state index is 12.5. The van der Waals surface area contributed by atoms with E-state index in [9.17, 15) is 4.79 Å². The lowest BCUT2D eigenvalue weighted by atomic mass is 9.94. The van der Waals surface area contributed by atoms with Crippen LogP contribution in [0.4, 0.5) is 0 Å². The molecule has 1 fully saturated rings. The molecule has 20 heavy (non-hydrogen) atoms. The molecular formula is C15H22ClN3O. The Morgan fingerprint density at radius 1 is 1.40 bits per heavy atom. The number of hydrazine groups is 1. The molecule has 1 amide bonds. The first-order valence-electron chi connectivity index (χ1n) is 7.12. The summed E-state index contributed by atoms with van der Waals surface area (Å²) in [4.78, 5) is 14.4. The molecule has 4 nitrogen and oxygen atoms in total. The smallest absolute Gasteiger partial charge is 0.228 e. The number of unbranched alkanes of at least 4 members (excludes halogenated alkanes) is 1. The van der Waals surface area contributed by atoms with Crippen LogP contribution < -0.4 is 10.9 Å². The molecule has 0 aliphatic carbocycles. The van der Waals surface area contributed by atoms with Gasteiger partial charge in [0, 0.05) is 25.2 Å². The molecule has 5 heteroatoms. The molecule has 2 atom stereocenters. The highest BCUT2D eigenvalue weighted by Crippen LogP contribution is 2.27. The Morgan fingerprint density at radius 2 is 2.10 bits per heavy atom. The fourth-order valence-corrected chi connectivity index (χ4v) is 2.63. The van der Waals surface area contributed by atoms with Gasteiger partial charge in [0.1, 0.15) is 0 Å². The maximum absolute atomic E-state index is 12.5. The molecule has 0 spiro atoms. The van der Waals surface area contributed by atoms with Gasteiger partial charge >= 0.3 is 0 Å². The average molecular weight is 296 g/mol. The summed E-state index contributed by atoms with van der Waals surface area (Å²) in [6.07, 6.45) is 2.14. The monoisotopic (exact) mass is 295 g/mol. The summed E-state index contributed by atoms with van der Waals surface area (Å²) in [7, 11) is 1.88. The first-order valence-corrected chi connectivity index (χ1v) is 7.50. The number of nitrogens with one attached hydrogen (secondary N) is 2. The average Bonchev–Trinajstić information content (AvgIpc) is 2.94. The van der Waals surface area contributed by atoms with E-state index in [2.05, 4.69) is 17.8 Å². The van der Waals surface area contributed by atoms with E-state index in [1.165, 1.54) is 0 Å². The predicted molar refractivity (Wildman–Crippen MR) is 81.4 cm³/mol. The van der Waals surface area contributed by atoms with Crippen molar-refractivity contribution in [1.29, 1.82) is 0 Å². The second-order valence-electron chi connectivity index (χ2n) is 5.27. The molecule has 1 aliphatic heterocycles. The topological polar surface area (TPSA) is 44.4 Å². The Morgan fingerprint density at radius 3 is 2.75 bits per heavy atom. The summed E-state index contributed by atoms with van der Waals surface area (Å²) < 4.78 is 0. The second kappa shape index (κ2) is 7.07. The highest BCUT2D eigenvalue weighted by molar-refractivity contribution is 6.30. The van der Waals surface area contributed by atoms with Crippen molar-refractivity contribution in [2.45, 2.75) is 25.8 Å². The summed E-state index contributed by atoms with van der Waals surface area (Å²) in [5.74, 6) is 0.119. The van der Waals surface area contributed by atoms with Crippen molar-refractivity contribution in [2.24, 2.45) is 5.92 Å². The zero-order valence-electron chi connectivity index (χ0n) is 12.0. The van der Waals surface area contributed by atoms with Crippen LogP contribution in [0, 0.1) is 5.92 Å². The quantitative estimate of drug-likeness (QED) is 0.876. The normalized spacial score (nSPS) is 21.9. The molecular weight excluding hydrogens is 274 g/mol. The number of hydrogen-bond donors (Lipinski definition) is 2. The molecule has 1 heterocycles. The summed E-state index contributed by atoms with van der Waals surface area (Å²) in [6, 6.07) is 7.67. The van der Waals surface area contributed by atoms with Crippen LogP contribution in [-0.4, -0.2) is 30.9 Å². The minimum absolute atomic E-state index is 0.00356. The third-order valence-corrected chi connectivity index (χ3v) is 4.00. The van der Waals surface area contributed by atoms with E-state index >= 15 is 0 Å². The largest absolute Gasteiger partial charge is 0.345 e. The van der Waals surface area contributed by atoms with E-state index in [4.69, 9.17) is 11.6 Å². The molecule has 0 bridgehead atoms. The molecule has 1 saturated heterocycles. The molecule has 1 aromatic rings. The van der Waals surface area contributed by atoms with E-state index in [1.54, 1.807) is 0 Å². The van der Waals surface area contributed by atoms with Crippen molar-refractivity contribution >= 4 is 17.5 Å². The number of nitrogens with zero attached hydrogens (tertiary/aromatic N) is 1. The first kappa shape index (κ1) is 15.3. The Hall–Kier alpha value is -1.10. The van der Waals surface area contributed by atoms with Crippen LogP contribution in [0.5, 0.6) is 0 Å². The molecule has 0 aromatic heterocycles. The molecule has 2 unspecified atom stereocenters. The van der Waals surface area contributed by atoms with Gasteiger partial charge in [-0.1, -0.05) is 37.1 Å². The standard InChI is InChI=1S/C15H22ClN3O/c1-3-4-9-19(2)15(20)13-10-17-18-14(13)11-5-7-12(16)8-6-11/h5-8,13-14,17-18H,3-4,9-10H2,1-2H3. The summed E-state index contributed by atoms with van der Waals surface area (Å²) in [5, 5.41) is 0.711. The SMILES string of the molecule is CCCCN(C)C(=O)C1CNNC1c1ccc(Cl)cc1. The van der Waals surface area contributed by atoms with Crippen LogP contribution in [0.15, 0.2) is 24.3 Å². The highest BCUT2D eigenvalue weighted by atomic mass is 35.5. The first-order chi connectivity index (χ1) is 9.63. The summed E-state index contributed by atoms with van der Waals surface area (Å²) >= 11 is 5.91. The van der Waals surface area contributed by atoms with Crippen molar-refractivity contribution in [1.82, 2.24) is 15.8 Å². The second-order valence-corrected chi connectivity index (χ2v) is 5.71. The fraction of sp³-hybridized carbons (Fsp3) is 0.533. The lowest BCUT2D eigenvalue weighted by Gasteiger charge is -2.24. The predicted octanol–water partition coefficient (Wildman–Crippen LogP) is 2.36. The Labute approximate surface area is 125 Å². The van der Waals surface area contributed by atoms with Crippen molar-refractivity contribution in [3.8, 4) is 0 Å². The Balaban J connectivity index is 2.06. The van der Waals surface area contributed by atoms with E-state index in [0.29, 0.717) is 11.6 Å². The van der Waals surface area contributed by atoms with E-state index in [1.807, 2.05) is 36.2 Å². The Kier molecular flexibility index (Phi) is 5.40. The van der Waals surface area contributed by atoms with Gasteiger partial charge in [-0.25, -0.2) is 5.43 Å². The van der Waals surface area contributed by atoms with Gasteiger partial charge in [0.2, 0.25) is 5.91 Å². The van der Waals surface area contributed by atoms with Gasteiger partial charge < -0.3 is 4.90 Å². The zero-order valence-corrected chi connectivity index (χ0v) is 12.8. The van der Waals surface area contributed by atoms with Gasteiger partial charge in [0.05, 0.1) is 12.0 Å². The van der Waals surface area contributed by atoms with Gasteiger partial charge in [0.15, 0.2) is 0 Å². The number of hydrogen-bond acceptors (Lipinski definition) is 3. The molecule has 2 N–H and O–H groups in total. The van der Waals surface area contributed by atoms with E-state index in [-0.39, 0.29) is 17.9 Å². The molecule has 110 valence electrons. The molecule has 2 rings (SSSR count). The van der Waals surface area contributed by atoms with Crippen LogP contribution in [-0.2, 0) is 4.79 Å². The van der Waals surface area contributed by atoms with Crippen LogP contribution in [0.2, 0.25) is 5.02 Å². The summed E-state index contributed by atoms with van der Waals surface area (Å²) in [6.45, 7) is 3.61. The van der Waals surface area contributed by atoms with Gasteiger partial charge in [-0.2, -0.15) is 0 Å². The van der Waals surface area contributed by atoms with Gasteiger partial charge in [-0.05, 0) is 24.1 Å². The van der Waals surface area contributed by atoms with Crippen molar-refractivity contribution < 1.29 is 4.79 Å². The third kappa shape index (κ3) is 3.51. The minimum atomic E-state index is -0.0713. The lowest BCUT2D eigenvalue weighted by molar-refractivity contribution is -0.134. The maximum Gasteiger partial charge on any atom is 0.228 e. The third-order valence-electron chi connectivity index (χ3n) is 3.75. The molecule has 0 saturated carbocycles. The lowest BCUT2D eigenvalue weighted by Crippen LogP contribution is -2.37. The van der Waals surface area contributed by atoms with Gasteiger partial charge in [0.25, 0.3) is 0 Å². The number of halogens is 1.